The summed E-state index contributed by atoms with van der Waals surface area (Å²) in [5, 5.41) is 0. The molecular weight excluding hydrogens is 120 g/mol. The van der Waals surface area contributed by atoms with Crippen molar-refractivity contribution < 1.29 is 14.6 Å². The van der Waals surface area contributed by atoms with E-state index in [9.17, 15) is 4.79 Å². The molecule has 52 valence electrons. The molecule has 0 aromatic carbocycles. The third-order valence-electron chi connectivity index (χ3n) is 1.33. The van der Waals surface area contributed by atoms with Gasteiger partial charge in [-0.1, -0.05) is 0 Å². The number of rotatable bonds is 1. The van der Waals surface area contributed by atoms with Gasteiger partial charge in [-0.3, -0.25) is 4.79 Å². The molecule has 0 bridgehead atoms. The van der Waals surface area contributed by atoms with Crippen LogP contribution in [0.25, 0.3) is 0 Å². The first-order valence-corrected chi connectivity index (χ1v) is 3.09. The predicted molar refractivity (Wildman–Crippen MR) is 30.7 cm³/mol. The second-order valence-corrected chi connectivity index (χ2v) is 2.16. The summed E-state index contributed by atoms with van der Waals surface area (Å²) < 4.78 is 0. The first-order chi connectivity index (χ1) is 4.30. The van der Waals surface area contributed by atoms with Gasteiger partial charge in [0.05, 0.1) is 6.61 Å². The van der Waals surface area contributed by atoms with Crippen molar-refractivity contribution in [1.82, 2.24) is 0 Å². The summed E-state index contributed by atoms with van der Waals surface area (Å²) >= 11 is 0. The van der Waals surface area contributed by atoms with Crippen LogP contribution >= 0.6 is 0 Å². The highest BCUT2D eigenvalue weighted by Gasteiger charge is 2.18. The van der Waals surface area contributed by atoms with Crippen molar-refractivity contribution in [3.05, 3.63) is 0 Å². The normalized spacial score (nSPS) is 27.9. The van der Waals surface area contributed by atoms with Gasteiger partial charge in [0.1, 0.15) is 0 Å². The van der Waals surface area contributed by atoms with E-state index >= 15 is 0 Å². The second-order valence-electron chi connectivity index (χ2n) is 2.16. The summed E-state index contributed by atoms with van der Waals surface area (Å²) in [7, 11) is 0. The molecule has 3 nitrogen and oxygen atoms in total. The summed E-state index contributed by atoms with van der Waals surface area (Å²) in [4.78, 5) is 19.9. The molecule has 1 atom stereocenters. The lowest BCUT2D eigenvalue weighted by Crippen LogP contribution is -2.26. The van der Waals surface area contributed by atoms with Gasteiger partial charge in [0, 0.05) is 0 Å². The van der Waals surface area contributed by atoms with Crippen LogP contribution < -0.4 is 0 Å². The summed E-state index contributed by atoms with van der Waals surface area (Å²) in [6, 6.07) is 0. The standard InChI is InChI=1S/C6H10O3/c1-5(7)6-3-2-4-8-9-6/h6H,2-4H2,1H3. The zero-order valence-corrected chi connectivity index (χ0v) is 5.42. The predicted octanol–water partition coefficient (Wildman–Crippen LogP) is 0.686. The SMILES string of the molecule is CC(=O)C1CCCOO1. The molecule has 0 amide bonds. The first kappa shape index (κ1) is 6.71. The van der Waals surface area contributed by atoms with Crippen molar-refractivity contribution >= 4 is 5.78 Å². The Kier molecular flexibility index (Phi) is 2.19. The molecule has 1 saturated heterocycles. The maximum Gasteiger partial charge on any atom is 0.161 e. The van der Waals surface area contributed by atoms with Crippen LogP contribution in [0.1, 0.15) is 19.8 Å². The van der Waals surface area contributed by atoms with Crippen molar-refractivity contribution in [1.29, 1.82) is 0 Å². The van der Waals surface area contributed by atoms with Crippen LogP contribution in [0.4, 0.5) is 0 Å². The largest absolute Gasteiger partial charge is 0.297 e. The number of ketones is 1. The molecule has 0 aromatic heterocycles. The Bertz CT molecular complexity index is 105. The minimum atomic E-state index is -0.307. The molecule has 1 unspecified atom stereocenters. The van der Waals surface area contributed by atoms with Gasteiger partial charge in [0.15, 0.2) is 11.9 Å². The van der Waals surface area contributed by atoms with E-state index in [2.05, 4.69) is 9.78 Å². The third kappa shape index (κ3) is 1.77. The van der Waals surface area contributed by atoms with Crippen LogP contribution in [0.15, 0.2) is 0 Å². The van der Waals surface area contributed by atoms with Crippen molar-refractivity contribution in [3.8, 4) is 0 Å². The highest BCUT2D eigenvalue weighted by atomic mass is 17.2. The number of carbonyl (C=O) groups excluding carboxylic acids is 1. The summed E-state index contributed by atoms with van der Waals surface area (Å²) in [5.41, 5.74) is 0. The van der Waals surface area contributed by atoms with Gasteiger partial charge in [-0.2, -0.15) is 0 Å². The van der Waals surface area contributed by atoms with Crippen LogP contribution in [-0.2, 0) is 14.6 Å². The lowest BCUT2D eigenvalue weighted by molar-refractivity contribution is -0.334. The van der Waals surface area contributed by atoms with Crippen LogP contribution in [0.3, 0.4) is 0 Å². The smallest absolute Gasteiger partial charge is 0.161 e. The highest BCUT2D eigenvalue weighted by molar-refractivity contribution is 5.80. The Labute approximate surface area is 53.9 Å². The quantitative estimate of drug-likeness (QED) is 0.490. The van der Waals surface area contributed by atoms with E-state index < -0.39 is 0 Å². The minimum Gasteiger partial charge on any atom is -0.297 e. The third-order valence-corrected chi connectivity index (χ3v) is 1.33. The molecule has 1 aliphatic rings. The zero-order chi connectivity index (χ0) is 6.69. The van der Waals surface area contributed by atoms with Crippen LogP contribution in [0.5, 0.6) is 0 Å². The maximum absolute atomic E-state index is 10.6. The van der Waals surface area contributed by atoms with Crippen molar-refractivity contribution in [2.24, 2.45) is 0 Å². The van der Waals surface area contributed by atoms with Crippen molar-refractivity contribution in [3.63, 3.8) is 0 Å². The lowest BCUT2D eigenvalue weighted by atomic mass is 10.1. The topological polar surface area (TPSA) is 35.5 Å². The Balaban J connectivity index is 2.31. The molecule has 1 heterocycles. The molecule has 0 aromatic rings. The van der Waals surface area contributed by atoms with Gasteiger partial charge in [0.2, 0.25) is 0 Å². The molecule has 0 saturated carbocycles. The Morgan fingerprint density at radius 1 is 1.67 bits per heavy atom. The van der Waals surface area contributed by atoms with E-state index in [1.165, 1.54) is 6.92 Å². The van der Waals surface area contributed by atoms with Crippen molar-refractivity contribution in [2.45, 2.75) is 25.9 Å². The van der Waals surface area contributed by atoms with E-state index in [4.69, 9.17) is 0 Å². The Hall–Kier alpha value is -0.410. The molecule has 3 heteroatoms. The molecule has 0 aliphatic carbocycles. The van der Waals surface area contributed by atoms with E-state index in [1.807, 2.05) is 0 Å². The maximum atomic E-state index is 10.6. The fourth-order valence-corrected chi connectivity index (χ4v) is 0.777. The van der Waals surface area contributed by atoms with E-state index in [-0.39, 0.29) is 11.9 Å². The molecule has 1 rings (SSSR count). The summed E-state index contributed by atoms with van der Waals surface area (Å²) in [6.45, 7) is 2.13. The average Bonchev–Trinajstić information content (AvgIpc) is 1.90. The molecule has 9 heavy (non-hydrogen) atoms. The van der Waals surface area contributed by atoms with E-state index in [0.717, 1.165) is 12.8 Å². The fraction of sp³-hybridized carbons (Fsp3) is 0.833. The molecule has 0 spiro atoms. The van der Waals surface area contributed by atoms with Gasteiger partial charge in [-0.25, -0.2) is 9.78 Å². The summed E-state index contributed by atoms with van der Waals surface area (Å²) in [6.07, 6.45) is 1.42. The zero-order valence-electron chi connectivity index (χ0n) is 5.42. The monoisotopic (exact) mass is 130 g/mol. The fourth-order valence-electron chi connectivity index (χ4n) is 0.777. The lowest BCUT2D eigenvalue weighted by Gasteiger charge is -2.17. The first-order valence-electron chi connectivity index (χ1n) is 3.09. The number of hydrogen-bond donors (Lipinski definition) is 0. The molecular formula is C6H10O3. The summed E-state index contributed by atoms with van der Waals surface area (Å²) in [5.74, 6) is 0.0506. The minimum absolute atomic E-state index is 0.0506. The molecule has 1 fully saturated rings. The van der Waals surface area contributed by atoms with Crippen LogP contribution in [0, 0.1) is 0 Å². The van der Waals surface area contributed by atoms with Gasteiger partial charge in [-0.05, 0) is 19.8 Å². The highest BCUT2D eigenvalue weighted by Crippen LogP contribution is 2.10. The molecule has 1 aliphatic heterocycles. The van der Waals surface area contributed by atoms with E-state index in [1.54, 1.807) is 0 Å². The number of carbonyl (C=O) groups is 1. The molecule has 0 radical (unpaired) electrons. The van der Waals surface area contributed by atoms with Gasteiger partial charge in [-0.15, -0.1) is 0 Å². The van der Waals surface area contributed by atoms with Gasteiger partial charge < -0.3 is 0 Å². The molecule has 0 N–H and O–H groups in total. The second kappa shape index (κ2) is 2.94. The Morgan fingerprint density at radius 2 is 2.44 bits per heavy atom. The number of hydrogen-bond acceptors (Lipinski definition) is 3. The number of Topliss-reactive ketones (excluding diaryl/α,β-unsaturated/α-hetero) is 1. The van der Waals surface area contributed by atoms with Crippen LogP contribution in [0.2, 0.25) is 0 Å². The van der Waals surface area contributed by atoms with E-state index in [0.29, 0.717) is 6.61 Å². The van der Waals surface area contributed by atoms with Crippen LogP contribution in [-0.4, -0.2) is 18.5 Å². The van der Waals surface area contributed by atoms with Gasteiger partial charge >= 0.3 is 0 Å². The average molecular weight is 130 g/mol. The van der Waals surface area contributed by atoms with Crippen molar-refractivity contribution in [2.75, 3.05) is 6.61 Å². The van der Waals surface area contributed by atoms with Gasteiger partial charge in [0.25, 0.3) is 0 Å². The Morgan fingerprint density at radius 3 is 2.78 bits per heavy atom.